The molecule has 0 aromatic rings. The fourth-order valence-corrected chi connectivity index (χ4v) is 2.90. The van der Waals surface area contributed by atoms with Crippen LogP contribution in [0.15, 0.2) is 0 Å². The zero-order valence-electron chi connectivity index (χ0n) is 9.35. The van der Waals surface area contributed by atoms with Crippen molar-refractivity contribution in [1.82, 2.24) is 9.80 Å². The molecule has 0 saturated carbocycles. The molecule has 0 bridgehead atoms. The van der Waals surface area contributed by atoms with Gasteiger partial charge in [-0.05, 0) is 45.8 Å². The van der Waals surface area contributed by atoms with E-state index in [9.17, 15) is 4.79 Å². The first-order valence-corrected chi connectivity index (χ1v) is 5.85. The van der Waals surface area contributed by atoms with Crippen LogP contribution >= 0.6 is 0 Å². The number of carboxylic acid groups (broad SMARTS) is 1. The van der Waals surface area contributed by atoms with Crippen LogP contribution in [0.25, 0.3) is 0 Å². The fraction of sp³-hybridized carbons (Fsp3) is 0.909. The van der Waals surface area contributed by atoms with Crippen LogP contribution in [0.2, 0.25) is 0 Å². The Bertz CT molecular complexity index is 245. The first kappa shape index (κ1) is 10.9. The number of likely N-dealkylation sites (tertiary alicyclic amines) is 2. The molecule has 2 rings (SSSR count). The van der Waals surface area contributed by atoms with Crippen LogP contribution < -0.4 is 0 Å². The highest BCUT2D eigenvalue weighted by atomic mass is 16.4. The summed E-state index contributed by atoms with van der Waals surface area (Å²) in [4.78, 5) is 15.6. The zero-order chi connectivity index (χ0) is 10.8. The molecule has 2 atom stereocenters. The van der Waals surface area contributed by atoms with Gasteiger partial charge in [-0.2, -0.15) is 0 Å². The van der Waals surface area contributed by atoms with Gasteiger partial charge in [-0.3, -0.25) is 9.69 Å². The number of piperidine rings is 1. The van der Waals surface area contributed by atoms with Crippen LogP contribution in [0.1, 0.15) is 25.7 Å². The van der Waals surface area contributed by atoms with Gasteiger partial charge in [-0.1, -0.05) is 0 Å². The smallest absolute Gasteiger partial charge is 0.320 e. The summed E-state index contributed by atoms with van der Waals surface area (Å²) in [5, 5.41) is 9.12. The second-order valence-corrected chi connectivity index (χ2v) is 4.79. The van der Waals surface area contributed by atoms with Gasteiger partial charge >= 0.3 is 5.97 Å². The number of carboxylic acids is 1. The minimum Gasteiger partial charge on any atom is -0.480 e. The number of aliphatic carboxylic acids is 1. The van der Waals surface area contributed by atoms with Crippen LogP contribution in [-0.4, -0.2) is 59.6 Å². The molecule has 15 heavy (non-hydrogen) atoms. The van der Waals surface area contributed by atoms with Crippen molar-refractivity contribution >= 4 is 5.97 Å². The van der Waals surface area contributed by atoms with Crippen LogP contribution in [0.5, 0.6) is 0 Å². The summed E-state index contributed by atoms with van der Waals surface area (Å²) >= 11 is 0. The molecule has 86 valence electrons. The average molecular weight is 212 g/mol. The molecule has 4 heteroatoms. The van der Waals surface area contributed by atoms with Crippen molar-refractivity contribution in [3.05, 3.63) is 0 Å². The van der Waals surface area contributed by atoms with Crippen LogP contribution in [0, 0.1) is 0 Å². The van der Waals surface area contributed by atoms with E-state index in [0.29, 0.717) is 6.04 Å². The summed E-state index contributed by atoms with van der Waals surface area (Å²) in [7, 11) is 2.12. The largest absolute Gasteiger partial charge is 0.480 e. The Morgan fingerprint density at radius 3 is 2.67 bits per heavy atom. The van der Waals surface area contributed by atoms with Gasteiger partial charge in [-0.15, -0.1) is 0 Å². The van der Waals surface area contributed by atoms with Crippen molar-refractivity contribution in [1.29, 1.82) is 0 Å². The summed E-state index contributed by atoms with van der Waals surface area (Å²) in [5.74, 6) is -0.638. The number of hydrogen-bond donors (Lipinski definition) is 1. The Morgan fingerprint density at radius 2 is 2.00 bits per heavy atom. The summed E-state index contributed by atoms with van der Waals surface area (Å²) < 4.78 is 0. The SMILES string of the molecule is CN1CCCC(N2CCC[C@H]2C(=O)O)C1. The highest BCUT2D eigenvalue weighted by Gasteiger charge is 2.36. The molecule has 0 radical (unpaired) electrons. The molecule has 0 spiro atoms. The van der Waals surface area contributed by atoms with E-state index in [0.717, 1.165) is 38.9 Å². The van der Waals surface area contributed by atoms with Gasteiger partial charge in [-0.25, -0.2) is 0 Å². The predicted octanol–water partition coefficient (Wildman–Crippen LogP) is 0.630. The molecule has 2 saturated heterocycles. The lowest BCUT2D eigenvalue weighted by Crippen LogP contribution is -2.50. The van der Waals surface area contributed by atoms with E-state index in [2.05, 4.69) is 16.8 Å². The Morgan fingerprint density at radius 1 is 1.27 bits per heavy atom. The van der Waals surface area contributed by atoms with Gasteiger partial charge in [0, 0.05) is 12.6 Å². The summed E-state index contributed by atoms with van der Waals surface area (Å²) in [6.07, 6.45) is 4.23. The van der Waals surface area contributed by atoms with E-state index in [1.165, 1.54) is 6.42 Å². The summed E-state index contributed by atoms with van der Waals surface area (Å²) in [6, 6.07) is 0.244. The van der Waals surface area contributed by atoms with Gasteiger partial charge in [0.1, 0.15) is 6.04 Å². The molecule has 0 aromatic heterocycles. The monoisotopic (exact) mass is 212 g/mol. The standard InChI is InChI=1S/C11H20N2O2/c1-12-6-2-4-9(8-12)13-7-3-5-10(13)11(14)15/h9-10H,2-8H2,1H3,(H,14,15)/t9?,10-/m0/s1. The average Bonchev–Trinajstić information content (AvgIpc) is 2.65. The van der Waals surface area contributed by atoms with Gasteiger partial charge in [0.2, 0.25) is 0 Å². The summed E-state index contributed by atoms with van der Waals surface area (Å²) in [6.45, 7) is 3.15. The van der Waals surface area contributed by atoms with Crippen molar-refractivity contribution in [2.75, 3.05) is 26.7 Å². The minimum absolute atomic E-state index is 0.221. The lowest BCUT2D eigenvalue weighted by atomic mass is 10.0. The highest BCUT2D eigenvalue weighted by Crippen LogP contribution is 2.24. The molecular weight excluding hydrogens is 192 g/mol. The number of carbonyl (C=O) groups is 1. The molecule has 1 N–H and O–H groups in total. The van der Waals surface area contributed by atoms with Gasteiger partial charge < -0.3 is 10.0 Å². The van der Waals surface area contributed by atoms with E-state index in [4.69, 9.17) is 5.11 Å². The Balaban J connectivity index is 1.99. The number of nitrogens with zero attached hydrogens (tertiary/aromatic N) is 2. The molecule has 0 aliphatic carbocycles. The normalized spacial score (nSPS) is 34.5. The molecule has 4 nitrogen and oxygen atoms in total. The number of likely N-dealkylation sites (N-methyl/N-ethyl adjacent to an activating group) is 1. The van der Waals surface area contributed by atoms with E-state index in [1.54, 1.807) is 0 Å². The fourth-order valence-electron chi connectivity index (χ4n) is 2.90. The topological polar surface area (TPSA) is 43.8 Å². The first-order valence-electron chi connectivity index (χ1n) is 5.85. The van der Waals surface area contributed by atoms with Crippen LogP contribution in [0.4, 0.5) is 0 Å². The lowest BCUT2D eigenvalue weighted by Gasteiger charge is -2.37. The Hall–Kier alpha value is -0.610. The maximum absolute atomic E-state index is 11.1. The molecule has 2 heterocycles. The van der Waals surface area contributed by atoms with Crippen molar-refractivity contribution in [2.24, 2.45) is 0 Å². The van der Waals surface area contributed by atoms with E-state index < -0.39 is 5.97 Å². The van der Waals surface area contributed by atoms with Crippen molar-refractivity contribution in [3.63, 3.8) is 0 Å². The second kappa shape index (κ2) is 4.49. The van der Waals surface area contributed by atoms with E-state index >= 15 is 0 Å². The molecule has 2 aliphatic heterocycles. The molecule has 0 amide bonds. The molecule has 2 aliphatic rings. The van der Waals surface area contributed by atoms with Crippen molar-refractivity contribution in [2.45, 2.75) is 37.8 Å². The molecule has 1 unspecified atom stereocenters. The Labute approximate surface area is 90.9 Å². The third-order valence-corrected chi connectivity index (χ3v) is 3.65. The maximum atomic E-state index is 11.1. The van der Waals surface area contributed by atoms with E-state index in [1.807, 2.05) is 0 Å². The van der Waals surface area contributed by atoms with Crippen molar-refractivity contribution in [3.8, 4) is 0 Å². The maximum Gasteiger partial charge on any atom is 0.320 e. The van der Waals surface area contributed by atoms with E-state index in [-0.39, 0.29) is 6.04 Å². The van der Waals surface area contributed by atoms with Gasteiger partial charge in [0.05, 0.1) is 0 Å². The highest BCUT2D eigenvalue weighted by molar-refractivity contribution is 5.73. The third-order valence-electron chi connectivity index (χ3n) is 3.65. The zero-order valence-corrected chi connectivity index (χ0v) is 9.35. The molecule has 2 fully saturated rings. The third kappa shape index (κ3) is 2.32. The molecule has 0 aromatic carbocycles. The van der Waals surface area contributed by atoms with Gasteiger partial charge in [0.25, 0.3) is 0 Å². The Kier molecular flexibility index (Phi) is 3.26. The number of hydrogen-bond acceptors (Lipinski definition) is 3. The van der Waals surface area contributed by atoms with Gasteiger partial charge in [0.15, 0.2) is 0 Å². The minimum atomic E-state index is -0.638. The summed E-state index contributed by atoms with van der Waals surface area (Å²) in [5.41, 5.74) is 0. The van der Waals surface area contributed by atoms with Crippen molar-refractivity contribution < 1.29 is 9.90 Å². The predicted molar refractivity (Wildman–Crippen MR) is 57.9 cm³/mol. The van der Waals surface area contributed by atoms with Crippen LogP contribution in [-0.2, 0) is 4.79 Å². The quantitative estimate of drug-likeness (QED) is 0.729. The molecular formula is C11H20N2O2. The first-order chi connectivity index (χ1) is 7.18. The lowest BCUT2D eigenvalue weighted by molar-refractivity contribution is -0.143. The number of rotatable bonds is 2. The second-order valence-electron chi connectivity index (χ2n) is 4.79. The van der Waals surface area contributed by atoms with Crippen LogP contribution in [0.3, 0.4) is 0 Å².